The second kappa shape index (κ2) is 27.5. The summed E-state index contributed by atoms with van der Waals surface area (Å²) in [6.45, 7) is 0.572. The molecule has 1 aromatic carbocycles. The smallest absolute Gasteiger partial charge is 0.261 e. The van der Waals surface area contributed by atoms with Crippen molar-refractivity contribution in [3.05, 3.63) is 24.3 Å². The average Bonchev–Trinajstić information content (AvgIpc) is 3.18. The van der Waals surface area contributed by atoms with Crippen molar-refractivity contribution >= 4 is 23.3 Å². The highest BCUT2D eigenvalue weighted by Gasteiger charge is 2.50. The average molecular weight is 835 g/mol. The summed E-state index contributed by atoms with van der Waals surface area (Å²) in [6, 6.07) is 6.30. The fraction of sp³-hybridized carbons (Fsp3) is 0.826. The Morgan fingerprint density at radius 1 is 0.328 bits per heavy atom. The van der Waals surface area contributed by atoms with Crippen LogP contribution in [0, 0.1) is 0 Å². The van der Waals surface area contributed by atoms with Crippen LogP contribution in [0.3, 0.4) is 0 Å². The van der Waals surface area contributed by atoms with E-state index in [1.54, 1.807) is 24.3 Å². The van der Waals surface area contributed by atoms with Crippen LogP contribution in [0.5, 0.6) is 0 Å². The summed E-state index contributed by atoms with van der Waals surface area (Å²) in [7, 11) is 0. The monoisotopic (exact) mass is 835 g/mol. The van der Waals surface area contributed by atoms with Gasteiger partial charge in [0, 0.05) is 49.9 Å². The van der Waals surface area contributed by atoms with Crippen LogP contribution in [0.4, 0.5) is 37.7 Å². The molecule has 0 spiro atoms. The lowest BCUT2D eigenvalue weighted by atomic mass is 10.0. The van der Waals surface area contributed by atoms with Crippen LogP contribution in [-0.2, 0) is 19.3 Å². The van der Waals surface area contributed by atoms with E-state index < -0.39 is 33.6 Å². The Kier molecular flexibility index (Phi) is 23.7. The molecule has 4 heterocycles. The number of nitrogens with zero attached hydrogens (tertiary/aromatic N) is 2. The SMILES string of the molecule is O=C(O[N+]12CCCCCCCCCCCCCCCCCC[N+](OC(=O)C(F)(F)F)(CCCCCCCCCCCCCCCCCC1)c1ccc2cc1)C(F)(F)F. The van der Waals surface area contributed by atoms with Crippen LogP contribution in [-0.4, -0.2) is 50.5 Å². The topological polar surface area (TPSA) is 52.6 Å². The molecule has 0 fully saturated rings. The molecule has 12 heteroatoms. The third kappa shape index (κ3) is 19.4. The number of hydrogen-bond donors (Lipinski definition) is 0. The highest BCUT2D eigenvalue weighted by atomic mass is 19.4. The molecule has 0 unspecified atom stereocenters. The van der Waals surface area contributed by atoms with Crippen molar-refractivity contribution in [1.29, 1.82) is 0 Å². The van der Waals surface area contributed by atoms with E-state index in [0.717, 1.165) is 103 Å². The first-order valence-corrected chi connectivity index (χ1v) is 23.3. The lowest BCUT2D eigenvalue weighted by molar-refractivity contribution is -0.236. The fourth-order valence-corrected chi connectivity index (χ4v) is 8.86. The van der Waals surface area contributed by atoms with Crippen molar-refractivity contribution < 1.29 is 45.6 Å². The van der Waals surface area contributed by atoms with Gasteiger partial charge < -0.3 is 0 Å². The highest BCUT2D eigenvalue weighted by Crippen LogP contribution is 2.36. The fourth-order valence-electron chi connectivity index (χ4n) is 8.86. The molecule has 0 saturated carbocycles. The van der Waals surface area contributed by atoms with Crippen molar-refractivity contribution in [3.8, 4) is 0 Å². The standard InChI is InChI=1S/C46H76F6N2O4/c47-45(48,49)43(55)57-53-37-29-25-21-17-13-9-5-1-2-6-10-14-18-22-26-30-38-54(58-44(56)46(50,51)52,42-35-33-41(53)34-36-42)40-32-28-24-20-16-12-8-4-3-7-11-15-19-23-27-31-39-53/h33-36H,1-32,37-40H2/q+2. The molecule has 0 N–H and O–H groups in total. The summed E-state index contributed by atoms with van der Waals surface area (Å²) in [5.74, 6) is -4.52. The number of rotatable bonds is 2. The molecule has 0 aliphatic carbocycles. The van der Waals surface area contributed by atoms with Crippen molar-refractivity contribution in [2.75, 3.05) is 26.2 Å². The molecule has 0 radical (unpaired) electrons. The summed E-state index contributed by atoms with van der Waals surface area (Å²) in [5.41, 5.74) is 0.649. The van der Waals surface area contributed by atoms with E-state index in [-0.39, 0.29) is 26.2 Å². The van der Waals surface area contributed by atoms with Crippen LogP contribution in [0.2, 0.25) is 0 Å². The molecule has 5 rings (SSSR count). The minimum atomic E-state index is -5.21. The number of carbonyl (C=O) groups is 2. The molecule has 6 nitrogen and oxygen atoms in total. The Morgan fingerprint density at radius 2 is 0.483 bits per heavy atom. The van der Waals surface area contributed by atoms with Gasteiger partial charge in [-0.1, -0.05) is 154 Å². The minimum Gasteiger partial charge on any atom is -0.261 e. The molecule has 0 amide bonds. The Labute approximate surface area is 345 Å². The third-order valence-corrected chi connectivity index (χ3v) is 12.3. The van der Waals surface area contributed by atoms with E-state index in [2.05, 4.69) is 0 Å². The van der Waals surface area contributed by atoms with Crippen LogP contribution in [0.25, 0.3) is 0 Å². The Morgan fingerprint density at radius 3 is 0.638 bits per heavy atom. The van der Waals surface area contributed by atoms with E-state index in [1.165, 1.54) is 77.0 Å². The number of quaternary nitrogens is 2. The van der Waals surface area contributed by atoms with Crippen LogP contribution in [0.15, 0.2) is 24.3 Å². The first-order chi connectivity index (χ1) is 27.9. The van der Waals surface area contributed by atoms with Crippen LogP contribution in [0.1, 0.15) is 205 Å². The number of fused-ring (bicyclic) bond motifs is 34. The lowest BCUT2D eigenvalue weighted by Gasteiger charge is -2.36. The first kappa shape index (κ1) is 50.0. The molecular formula is C46H76F6N2O4+2. The quantitative estimate of drug-likeness (QED) is 0.220. The van der Waals surface area contributed by atoms with Gasteiger partial charge in [-0.15, -0.1) is 9.29 Å². The summed E-state index contributed by atoms with van der Waals surface area (Å²) >= 11 is 0. The van der Waals surface area contributed by atoms with Gasteiger partial charge in [0.15, 0.2) is 11.4 Å². The van der Waals surface area contributed by atoms with Gasteiger partial charge in [-0.25, -0.2) is 9.59 Å². The number of benzene rings is 1. The molecule has 1 aromatic rings. The van der Waals surface area contributed by atoms with Crippen LogP contribution >= 0.6 is 0 Å². The molecule has 0 saturated heterocycles. The first-order valence-electron chi connectivity index (χ1n) is 23.3. The summed E-state index contributed by atoms with van der Waals surface area (Å²) in [6.07, 6.45) is 21.5. The maximum absolute atomic E-state index is 13.9. The largest absolute Gasteiger partial charge is 0.497 e. The van der Waals surface area contributed by atoms with Gasteiger partial charge in [-0.2, -0.15) is 26.3 Å². The van der Waals surface area contributed by atoms with Crippen molar-refractivity contribution in [2.45, 2.75) is 218 Å². The zero-order chi connectivity index (χ0) is 42.0. The minimum absolute atomic E-state index is 0.143. The number of halogens is 6. The molecular weight excluding hydrogens is 759 g/mol. The Bertz CT molecular complexity index is 1120. The van der Waals surface area contributed by atoms with Gasteiger partial charge in [-0.05, 0) is 25.7 Å². The summed E-state index contributed by atoms with van der Waals surface area (Å²) in [5, 5.41) is 0. The van der Waals surface area contributed by atoms with Gasteiger partial charge >= 0.3 is 24.3 Å². The lowest BCUT2D eigenvalue weighted by Crippen LogP contribution is -2.55. The van der Waals surface area contributed by atoms with Gasteiger partial charge in [0.05, 0.1) is 0 Å². The Balaban J connectivity index is 2.05. The van der Waals surface area contributed by atoms with Crippen LogP contribution < -0.4 is 9.29 Å². The Hall–Kier alpha value is -2.34. The summed E-state index contributed by atoms with van der Waals surface area (Å²) in [4.78, 5) is 36.4. The molecule has 334 valence electrons. The van der Waals surface area contributed by atoms with Crippen molar-refractivity contribution in [1.82, 2.24) is 9.29 Å². The molecule has 58 heavy (non-hydrogen) atoms. The molecule has 4 aliphatic rings. The highest BCUT2D eigenvalue weighted by molar-refractivity contribution is 5.77. The summed E-state index contributed by atoms with van der Waals surface area (Å²) < 4.78 is 82.3. The third-order valence-electron chi connectivity index (χ3n) is 12.3. The van der Waals surface area contributed by atoms with Crippen molar-refractivity contribution in [2.24, 2.45) is 0 Å². The molecule has 4 bridgehead atoms. The normalized spacial score (nSPS) is 25.6. The van der Waals surface area contributed by atoms with E-state index in [4.69, 9.17) is 9.68 Å². The van der Waals surface area contributed by atoms with Gasteiger partial charge in [-0.3, -0.25) is 9.68 Å². The number of carbonyl (C=O) groups excluding carboxylic acids is 2. The van der Waals surface area contributed by atoms with Crippen molar-refractivity contribution in [3.63, 3.8) is 0 Å². The predicted molar refractivity (Wildman–Crippen MR) is 222 cm³/mol. The zero-order valence-electron chi connectivity index (χ0n) is 35.6. The van der Waals surface area contributed by atoms with E-state index in [1.807, 2.05) is 0 Å². The maximum atomic E-state index is 13.9. The molecule has 0 atom stereocenters. The van der Waals surface area contributed by atoms with Gasteiger partial charge in [0.2, 0.25) is 0 Å². The number of hydrogen-bond acceptors (Lipinski definition) is 4. The van der Waals surface area contributed by atoms with E-state index >= 15 is 0 Å². The molecule has 4 aliphatic heterocycles. The molecule has 0 aromatic heterocycles. The van der Waals surface area contributed by atoms with E-state index in [0.29, 0.717) is 37.1 Å². The maximum Gasteiger partial charge on any atom is 0.497 e. The van der Waals surface area contributed by atoms with Gasteiger partial charge in [0.1, 0.15) is 26.2 Å². The number of alkyl halides is 6. The number of hydroxylamine groups is 4. The second-order valence-corrected chi connectivity index (χ2v) is 17.3. The predicted octanol–water partition coefficient (Wildman–Crippen LogP) is 14.9. The van der Waals surface area contributed by atoms with Gasteiger partial charge in [0.25, 0.3) is 0 Å². The zero-order valence-corrected chi connectivity index (χ0v) is 35.6. The second-order valence-electron chi connectivity index (χ2n) is 17.3. The van der Waals surface area contributed by atoms with E-state index in [9.17, 15) is 35.9 Å².